The molecule has 2 aliphatic rings. The summed E-state index contributed by atoms with van der Waals surface area (Å²) >= 11 is 0. The van der Waals surface area contributed by atoms with Gasteiger partial charge in [0.25, 0.3) is 0 Å². The van der Waals surface area contributed by atoms with Crippen LogP contribution in [-0.2, 0) is 4.79 Å². The van der Waals surface area contributed by atoms with Crippen molar-refractivity contribution in [2.45, 2.75) is 51.9 Å². The minimum Gasteiger partial charge on any atom is -0.494 e. The van der Waals surface area contributed by atoms with Crippen LogP contribution < -0.4 is 10.2 Å². The smallest absolute Gasteiger partial charge is 0.240 e. The maximum Gasteiger partial charge on any atom is 0.240 e. The molecule has 0 radical (unpaired) electrons. The molecule has 1 amide bonds. The summed E-state index contributed by atoms with van der Waals surface area (Å²) in [7, 11) is 0. The van der Waals surface area contributed by atoms with Gasteiger partial charge in [0.05, 0.1) is 12.3 Å². The number of piperidine rings is 1. The number of likely N-dealkylation sites (tertiary alicyclic amines) is 1. The van der Waals surface area contributed by atoms with E-state index in [1.807, 2.05) is 12.1 Å². The average Bonchev–Trinajstić information content (AvgIpc) is 2.67. The zero-order valence-electron chi connectivity index (χ0n) is 15.9. The Morgan fingerprint density at radius 1 is 1.19 bits per heavy atom. The van der Waals surface area contributed by atoms with Gasteiger partial charge in [-0.1, -0.05) is 19.8 Å². The molecule has 26 heavy (non-hydrogen) atoms. The van der Waals surface area contributed by atoms with E-state index < -0.39 is 0 Å². The molecule has 1 saturated heterocycles. The van der Waals surface area contributed by atoms with Gasteiger partial charge >= 0.3 is 0 Å². The summed E-state index contributed by atoms with van der Waals surface area (Å²) in [6.45, 7) is 6.52. The lowest BCUT2D eigenvalue weighted by molar-refractivity contribution is -0.122. The zero-order chi connectivity index (χ0) is 18.2. The Kier molecular flexibility index (Phi) is 7.06. The standard InChI is InChI=1S/C21H31N3O2/c1-2-7-18-16-20(25)22-23-21(18)17-8-10-19(11-9-17)26-15-6-14-24-12-4-3-5-13-24/h8-11,18H,2-7,12-16H2,1H3,(H,22,25). The molecule has 0 bridgehead atoms. The Labute approximate surface area is 156 Å². The molecule has 3 rings (SSSR count). The third-order valence-corrected chi connectivity index (χ3v) is 5.24. The summed E-state index contributed by atoms with van der Waals surface area (Å²) in [6, 6.07) is 8.13. The van der Waals surface area contributed by atoms with Crippen molar-refractivity contribution in [1.29, 1.82) is 0 Å². The number of nitrogens with one attached hydrogen (secondary N) is 1. The second-order valence-corrected chi connectivity index (χ2v) is 7.35. The number of hydrazone groups is 1. The molecule has 1 unspecified atom stereocenters. The first-order valence-corrected chi connectivity index (χ1v) is 10.1. The lowest BCUT2D eigenvalue weighted by atomic mass is 9.89. The maximum atomic E-state index is 11.6. The van der Waals surface area contributed by atoms with E-state index in [4.69, 9.17) is 4.74 Å². The first kappa shape index (κ1) is 18.9. The fraction of sp³-hybridized carbons (Fsp3) is 0.619. The molecule has 5 heteroatoms. The van der Waals surface area contributed by atoms with Gasteiger partial charge in [0.15, 0.2) is 0 Å². The summed E-state index contributed by atoms with van der Waals surface area (Å²) < 4.78 is 5.89. The van der Waals surface area contributed by atoms with Crippen LogP contribution in [0.25, 0.3) is 0 Å². The van der Waals surface area contributed by atoms with Gasteiger partial charge in [0, 0.05) is 18.9 Å². The van der Waals surface area contributed by atoms with Crippen molar-refractivity contribution in [3.63, 3.8) is 0 Å². The highest BCUT2D eigenvalue weighted by Gasteiger charge is 2.24. The topological polar surface area (TPSA) is 53.9 Å². The van der Waals surface area contributed by atoms with E-state index in [1.54, 1.807) is 0 Å². The summed E-state index contributed by atoms with van der Waals surface area (Å²) in [4.78, 5) is 14.1. The normalized spacial score (nSPS) is 21.2. The quantitative estimate of drug-likeness (QED) is 0.724. The molecular weight excluding hydrogens is 326 g/mol. The molecule has 1 atom stereocenters. The molecule has 1 aromatic rings. The Bertz CT molecular complexity index is 606. The molecule has 0 aliphatic carbocycles. The first-order valence-electron chi connectivity index (χ1n) is 10.1. The lowest BCUT2D eigenvalue weighted by Gasteiger charge is -2.26. The van der Waals surface area contributed by atoms with Crippen molar-refractivity contribution < 1.29 is 9.53 Å². The van der Waals surface area contributed by atoms with Crippen LogP contribution in [0.5, 0.6) is 5.75 Å². The molecule has 1 N–H and O–H groups in total. The SMILES string of the molecule is CCCC1CC(=O)NN=C1c1ccc(OCCCN2CCCCC2)cc1. The largest absolute Gasteiger partial charge is 0.494 e. The van der Waals surface area contributed by atoms with Crippen molar-refractivity contribution in [2.75, 3.05) is 26.2 Å². The average molecular weight is 357 g/mol. The number of rotatable bonds is 8. The van der Waals surface area contributed by atoms with Gasteiger partial charge < -0.3 is 9.64 Å². The predicted molar refractivity (Wildman–Crippen MR) is 105 cm³/mol. The van der Waals surface area contributed by atoms with Crippen LogP contribution in [-0.4, -0.2) is 42.8 Å². The number of benzene rings is 1. The van der Waals surface area contributed by atoms with Gasteiger partial charge in [0.2, 0.25) is 5.91 Å². The minimum absolute atomic E-state index is 0.0147. The van der Waals surface area contributed by atoms with Gasteiger partial charge in [-0.25, -0.2) is 5.43 Å². The van der Waals surface area contributed by atoms with Crippen molar-refractivity contribution in [3.05, 3.63) is 29.8 Å². The maximum absolute atomic E-state index is 11.6. The van der Waals surface area contributed by atoms with Gasteiger partial charge in [-0.3, -0.25) is 4.79 Å². The third kappa shape index (κ3) is 5.31. The van der Waals surface area contributed by atoms with Gasteiger partial charge in [-0.05, 0) is 68.6 Å². The van der Waals surface area contributed by atoms with E-state index in [2.05, 4.69) is 34.5 Å². The van der Waals surface area contributed by atoms with Gasteiger partial charge in [-0.15, -0.1) is 0 Å². The molecule has 2 heterocycles. The molecule has 0 aromatic heterocycles. The van der Waals surface area contributed by atoms with Crippen LogP contribution in [0.2, 0.25) is 0 Å². The number of carbonyl (C=O) groups excluding carboxylic acids is 1. The lowest BCUT2D eigenvalue weighted by Crippen LogP contribution is -2.33. The third-order valence-electron chi connectivity index (χ3n) is 5.24. The van der Waals surface area contributed by atoms with Crippen molar-refractivity contribution in [2.24, 2.45) is 11.0 Å². The number of carbonyl (C=O) groups is 1. The highest BCUT2D eigenvalue weighted by molar-refractivity contribution is 6.05. The number of amides is 1. The van der Waals surface area contributed by atoms with Crippen molar-refractivity contribution >= 4 is 11.6 Å². The second-order valence-electron chi connectivity index (χ2n) is 7.35. The van der Waals surface area contributed by atoms with Crippen LogP contribution in [0.15, 0.2) is 29.4 Å². The van der Waals surface area contributed by atoms with E-state index in [0.29, 0.717) is 6.42 Å². The molecule has 2 aliphatic heterocycles. The number of hydrogen-bond donors (Lipinski definition) is 1. The summed E-state index contributed by atoms with van der Waals surface area (Å²) in [5, 5.41) is 4.31. The predicted octanol–water partition coefficient (Wildman–Crippen LogP) is 3.58. The van der Waals surface area contributed by atoms with E-state index in [0.717, 1.165) is 49.4 Å². The molecule has 0 saturated carbocycles. The fourth-order valence-corrected chi connectivity index (χ4v) is 3.85. The van der Waals surface area contributed by atoms with Gasteiger partial charge in [-0.2, -0.15) is 5.10 Å². The molecule has 5 nitrogen and oxygen atoms in total. The Balaban J connectivity index is 1.49. The summed E-state index contributed by atoms with van der Waals surface area (Å²) in [5.41, 5.74) is 4.68. The van der Waals surface area contributed by atoms with Crippen LogP contribution in [0.3, 0.4) is 0 Å². The van der Waals surface area contributed by atoms with E-state index >= 15 is 0 Å². The Morgan fingerprint density at radius 3 is 2.69 bits per heavy atom. The molecule has 1 fully saturated rings. The fourth-order valence-electron chi connectivity index (χ4n) is 3.85. The summed E-state index contributed by atoms with van der Waals surface area (Å²) in [5.74, 6) is 1.13. The summed E-state index contributed by atoms with van der Waals surface area (Å²) in [6.07, 6.45) is 7.70. The minimum atomic E-state index is 0.0147. The van der Waals surface area contributed by atoms with Crippen LogP contribution in [0.4, 0.5) is 0 Å². The Hall–Kier alpha value is -1.88. The number of hydrogen-bond acceptors (Lipinski definition) is 4. The highest BCUT2D eigenvalue weighted by Crippen LogP contribution is 2.23. The molecule has 142 valence electrons. The molecular formula is C21H31N3O2. The molecule has 1 aromatic carbocycles. The van der Waals surface area contributed by atoms with Crippen molar-refractivity contribution in [3.8, 4) is 5.75 Å². The highest BCUT2D eigenvalue weighted by atomic mass is 16.5. The zero-order valence-corrected chi connectivity index (χ0v) is 15.9. The van der Waals surface area contributed by atoms with Gasteiger partial charge in [0.1, 0.15) is 5.75 Å². The van der Waals surface area contributed by atoms with Crippen LogP contribution >= 0.6 is 0 Å². The second kappa shape index (κ2) is 9.72. The van der Waals surface area contributed by atoms with E-state index in [9.17, 15) is 4.79 Å². The Morgan fingerprint density at radius 2 is 1.96 bits per heavy atom. The monoisotopic (exact) mass is 357 g/mol. The van der Waals surface area contributed by atoms with Crippen LogP contribution in [0, 0.1) is 5.92 Å². The number of nitrogens with zero attached hydrogens (tertiary/aromatic N) is 2. The first-order chi connectivity index (χ1) is 12.8. The molecule has 0 spiro atoms. The van der Waals surface area contributed by atoms with Crippen LogP contribution in [0.1, 0.15) is 57.4 Å². The van der Waals surface area contributed by atoms with E-state index in [1.165, 1.54) is 32.4 Å². The number of ether oxygens (including phenoxy) is 1. The van der Waals surface area contributed by atoms with E-state index in [-0.39, 0.29) is 11.8 Å². The van der Waals surface area contributed by atoms with Crippen molar-refractivity contribution in [1.82, 2.24) is 10.3 Å².